The van der Waals surface area contributed by atoms with Crippen molar-refractivity contribution >= 4 is 10.1 Å². The van der Waals surface area contributed by atoms with Crippen molar-refractivity contribution in [1.29, 1.82) is 5.26 Å². The number of hydrogen-bond acceptors (Lipinski definition) is 4. The Morgan fingerprint density at radius 1 is 1.50 bits per heavy atom. The van der Waals surface area contributed by atoms with Crippen LogP contribution in [0, 0.1) is 11.3 Å². The molecule has 1 aromatic heterocycles. The summed E-state index contributed by atoms with van der Waals surface area (Å²) in [6, 6.07) is 2.75. The largest absolute Gasteiger partial charge is 0.296 e. The molecule has 0 aromatic carbocycles. The van der Waals surface area contributed by atoms with Gasteiger partial charge in [-0.05, 0) is 6.07 Å². The Bertz CT molecular complexity index is 432. The molecule has 1 heterocycles. The molecule has 6 heteroatoms. The summed E-state index contributed by atoms with van der Waals surface area (Å²) in [4.78, 5) is 3.09. The standard InChI is InChI=1S/C6H4N2O3S/c7-2-5-1-6(4-8-3-5)12(9,10)11/h1,3-4H,(H,9,10,11). The minimum absolute atomic E-state index is 0.0881. The van der Waals surface area contributed by atoms with E-state index in [0.717, 1.165) is 12.3 Å². The van der Waals surface area contributed by atoms with E-state index in [1.807, 2.05) is 0 Å². The van der Waals surface area contributed by atoms with Gasteiger partial charge < -0.3 is 0 Å². The molecule has 1 N–H and O–H groups in total. The lowest BCUT2D eigenvalue weighted by Crippen LogP contribution is -1.98. The molecule has 0 spiro atoms. The Morgan fingerprint density at radius 3 is 2.67 bits per heavy atom. The van der Waals surface area contributed by atoms with Crippen molar-refractivity contribution in [1.82, 2.24) is 4.98 Å². The number of aromatic nitrogens is 1. The second-order valence-corrected chi connectivity index (χ2v) is 3.42. The Labute approximate surface area is 69.0 Å². The molecular weight excluding hydrogens is 180 g/mol. The van der Waals surface area contributed by atoms with Gasteiger partial charge in [0.2, 0.25) is 0 Å². The fourth-order valence-corrected chi connectivity index (χ4v) is 1.09. The molecule has 5 nitrogen and oxygen atoms in total. The van der Waals surface area contributed by atoms with Crippen LogP contribution in [-0.2, 0) is 10.1 Å². The van der Waals surface area contributed by atoms with Gasteiger partial charge in [0, 0.05) is 12.4 Å². The Kier molecular flexibility index (Phi) is 2.08. The molecular formula is C6H4N2O3S. The zero-order chi connectivity index (χ0) is 9.19. The van der Waals surface area contributed by atoms with E-state index in [-0.39, 0.29) is 10.5 Å². The second kappa shape index (κ2) is 2.89. The third kappa shape index (κ3) is 1.78. The summed E-state index contributed by atoms with van der Waals surface area (Å²) in [7, 11) is -4.25. The van der Waals surface area contributed by atoms with E-state index in [0.29, 0.717) is 0 Å². The molecule has 0 radical (unpaired) electrons. The van der Waals surface area contributed by atoms with E-state index in [2.05, 4.69) is 4.98 Å². The first-order chi connectivity index (χ1) is 5.54. The van der Waals surface area contributed by atoms with Crippen LogP contribution in [0.3, 0.4) is 0 Å². The molecule has 0 atom stereocenters. The van der Waals surface area contributed by atoms with E-state index in [1.165, 1.54) is 6.20 Å². The summed E-state index contributed by atoms with van der Waals surface area (Å²) in [6.07, 6.45) is 2.17. The molecule has 1 rings (SSSR count). The van der Waals surface area contributed by atoms with Gasteiger partial charge in [0.25, 0.3) is 10.1 Å². The average Bonchev–Trinajstić information content (AvgIpc) is 2.03. The number of rotatable bonds is 1. The smallest absolute Gasteiger partial charge is 0.282 e. The summed E-state index contributed by atoms with van der Waals surface area (Å²) in [5.41, 5.74) is 0.0881. The molecule has 0 unspecified atom stereocenters. The van der Waals surface area contributed by atoms with Crippen LogP contribution in [0.1, 0.15) is 5.56 Å². The third-order valence-corrected chi connectivity index (χ3v) is 1.96. The van der Waals surface area contributed by atoms with Crippen molar-refractivity contribution in [2.45, 2.75) is 4.90 Å². The third-order valence-electron chi connectivity index (χ3n) is 1.14. The van der Waals surface area contributed by atoms with Crippen molar-refractivity contribution < 1.29 is 13.0 Å². The molecule has 0 saturated heterocycles. The van der Waals surface area contributed by atoms with Crippen LogP contribution in [0.25, 0.3) is 0 Å². The number of nitrogens with zero attached hydrogens (tertiary/aromatic N) is 2. The fourth-order valence-electron chi connectivity index (χ4n) is 0.621. The van der Waals surface area contributed by atoms with Crippen LogP contribution in [-0.4, -0.2) is 18.0 Å². The maximum atomic E-state index is 10.5. The van der Waals surface area contributed by atoms with Gasteiger partial charge >= 0.3 is 0 Å². The number of nitriles is 1. The quantitative estimate of drug-likeness (QED) is 0.629. The highest BCUT2D eigenvalue weighted by atomic mass is 32.2. The summed E-state index contributed by atoms with van der Waals surface area (Å²) >= 11 is 0. The number of pyridine rings is 1. The molecule has 0 amide bonds. The normalized spacial score (nSPS) is 10.7. The topological polar surface area (TPSA) is 91.0 Å². The van der Waals surface area contributed by atoms with Crippen LogP contribution in [0.15, 0.2) is 23.4 Å². The molecule has 0 aliphatic carbocycles. The van der Waals surface area contributed by atoms with Gasteiger partial charge in [-0.1, -0.05) is 0 Å². The molecule has 0 saturated carbocycles. The van der Waals surface area contributed by atoms with Gasteiger partial charge in [0.15, 0.2) is 0 Å². The predicted molar refractivity (Wildman–Crippen MR) is 38.8 cm³/mol. The fraction of sp³-hybridized carbons (Fsp3) is 0. The highest BCUT2D eigenvalue weighted by molar-refractivity contribution is 7.85. The second-order valence-electron chi connectivity index (χ2n) is 2.00. The molecule has 0 aliphatic heterocycles. The molecule has 0 aliphatic rings. The maximum Gasteiger partial charge on any atom is 0.296 e. The van der Waals surface area contributed by atoms with Crippen LogP contribution < -0.4 is 0 Å². The van der Waals surface area contributed by atoms with E-state index < -0.39 is 10.1 Å². The van der Waals surface area contributed by atoms with Gasteiger partial charge in [-0.15, -0.1) is 0 Å². The van der Waals surface area contributed by atoms with Crippen molar-refractivity contribution in [3.63, 3.8) is 0 Å². The van der Waals surface area contributed by atoms with Crippen LogP contribution in [0.4, 0.5) is 0 Å². The lowest BCUT2D eigenvalue weighted by Gasteiger charge is -1.94. The molecule has 12 heavy (non-hydrogen) atoms. The van der Waals surface area contributed by atoms with Crippen LogP contribution in [0.2, 0.25) is 0 Å². The SMILES string of the molecule is N#Cc1cncc(S(=O)(=O)O)c1. The van der Waals surface area contributed by atoms with Gasteiger partial charge in [0.05, 0.1) is 5.56 Å². The first kappa shape index (κ1) is 8.64. The molecule has 0 bridgehead atoms. The van der Waals surface area contributed by atoms with Crippen molar-refractivity contribution in [2.75, 3.05) is 0 Å². The van der Waals surface area contributed by atoms with E-state index in [1.54, 1.807) is 6.07 Å². The van der Waals surface area contributed by atoms with Crippen LogP contribution >= 0.6 is 0 Å². The Morgan fingerprint density at radius 2 is 2.17 bits per heavy atom. The highest BCUT2D eigenvalue weighted by Gasteiger charge is 2.09. The zero-order valence-corrected chi connectivity index (χ0v) is 6.61. The van der Waals surface area contributed by atoms with Gasteiger partial charge in [0.1, 0.15) is 11.0 Å². The maximum absolute atomic E-state index is 10.5. The first-order valence-corrected chi connectivity index (χ1v) is 4.30. The van der Waals surface area contributed by atoms with Crippen molar-refractivity contribution in [2.24, 2.45) is 0 Å². The minimum atomic E-state index is -4.25. The monoisotopic (exact) mass is 184 g/mol. The summed E-state index contributed by atoms with van der Waals surface area (Å²) in [5.74, 6) is 0. The predicted octanol–water partition coefficient (Wildman–Crippen LogP) is 0.200. The van der Waals surface area contributed by atoms with Crippen molar-refractivity contribution in [3.05, 3.63) is 24.0 Å². The lowest BCUT2D eigenvalue weighted by molar-refractivity contribution is 0.482. The highest BCUT2D eigenvalue weighted by Crippen LogP contribution is 2.07. The van der Waals surface area contributed by atoms with Gasteiger partial charge in [-0.2, -0.15) is 13.7 Å². The van der Waals surface area contributed by atoms with Gasteiger partial charge in [-0.25, -0.2) is 0 Å². The van der Waals surface area contributed by atoms with E-state index in [9.17, 15) is 8.42 Å². The molecule has 62 valence electrons. The van der Waals surface area contributed by atoms with Gasteiger partial charge in [-0.3, -0.25) is 9.54 Å². The lowest BCUT2D eigenvalue weighted by atomic mass is 10.3. The summed E-state index contributed by atoms with van der Waals surface area (Å²) in [5, 5.41) is 8.36. The Hall–Kier alpha value is -1.45. The summed E-state index contributed by atoms with van der Waals surface area (Å²) in [6.45, 7) is 0. The molecule has 0 fully saturated rings. The van der Waals surface area contributed by atoms with Crippen molar-refractivity contribution in [3.8, 4) is 6.07 Å². The van der Waals surface area contributed by atoms with E-state index in [4.69, 9.17) is 9.81 Å². The minimum Gasteiger partial charge on any atom is -0.282 e. The Balaban J connectivity index is 3.32. The average molecular weight is 184 g/mol. The zero-order valence-electron chi connectivity index (χ0n) is 5.80. The number of hydrogen-bond donors (Lipinski definition) is 1. The summed E-state index contributed by atoms with van der Waals surface area (Å²) < 4.78 is 29.5. The first-order valence-electron chi connectivity index (χ1n) is 2.86. The van der Waals surface area contributed by atoms with E-state index >= 15 is 0 Å². The van der Waals surface area contributed by atoms with Crippen LogP contribution in [0.5, 0.6) is 0 Å². The molecule has 1 aromatic rings.